The first-order valence-electron chi connectivity index (χ1n) is 5.36. The first-order valence-corrected chi connectivity index (χ1v) is 6.16. The van der Waals surface area contributed by atoms with Crippen LogP contribution in [0, 0.1) is 23.0 Å². The van der Waals surface area contributed by atoms with E-state index in [0.29, 0.717) is 0 Å². The molecule has 0 saturated heterocycles. The van der Waals surface area contributed by atoms with Gasteiger partial charge in [0.2, 0.25) is 0 Å². The van der Waals surface area contributed by atoms with E-state index in [1.165, 1.54) is 0 Å². The molecular formula is C14H8BrF2NO. The predicted molar refractivity (Wildman–Crippen MR) is 69.5 cm³/mol. The molecule has 2 aromatic rings. The normalized spacial score (nSPS) is 10.0. The zero-order valence-corrected chi connectivity index (χ0v) is 11.2. The van der Waals surface area contributed by atoms with Gasteiger partial charge in [0.15, 0.2) is 17.4 Å². The number of rotatable bonds is 3. The average Bonchev–Trinajstić information content (AvgIpc) is 2.39. The first-order chi connectivity index (χ1) is 9.10. The van der Waals surface area contributed by atoms with Crippen LogP contribution in [0.4, 0.5) is 8.78 Å². The Morgan fingerprint density at radius 3 is 2.21 bits per heavy atom. The smallest absolute Gasteiger partial charge is 0.191 e. The lowest BCUT2D eigenvalue weighted by atomic mass is 10.2. The predicted octanol–water partition coefficient (Wildman–Crippen LogP) is 4.18. The Kier molecular flexibility index (Phi) is 4.13. The number of ether oxygens (including phenoxy) is 1. The maximum atomic E-state index is 13.5. The monoisotopic (exact) mass is 323 g/mol. The van der Waals surface area contributed by atoms with Gasteiger partial charge in [0.05, 0.1) is 11.6 Å². The van der Waals surface area contributed by atoms with E-state index in [2.05, 4.69) is 15.9 Å². The number of hydrogen-bond donors (Lipinski definition) is 0. The van der Waals surface area contributed by atoms with Crippen LogP contribution in [0.15, 0.2) is 40.9 Å². The highest BCUT2D eigenvalue weighted by Crippen LogP contribution is 2.24. The summed E-state index contributed by atoms with van der Waals surface area (Å²) in [7, 11) is 0. The van der Waals surface area contributed by atoms with E-state index in [1.54, 1.807) is 18.2 Å². The second-order valence-corrected chi connectivity index (χ2v) is 4.71. The van der Waals surface area contributed by atoms with Gasteiger partial charge in [-0.05, 0) is 29.8 Å². The molecule has 0 aliphatic carbocycles. The summed E-state index contributed by atoms with van der Waals surface area (Å²) >= 11 is 3.29. The molecule has 0 amide bonds. The average molecular weight is 324 g/mol. The molecule has 19 heavy (non-hydrogen) atoms. The van der Waals surface area contributed by atoms with Gasteiger partial charge in [-0.1, -0.05) is 28.1 Å². The number of halogens is 3. The third kappa shape index (κ3) is 3.30. The van der Waals surface area contributed by atoms with Gasteiger partial charge in [0, 0.05) is 4.47 Å². The first kappa shape index (κ1) is 13.5. The molecular weight excluding hydrogens is 316 g/mol. The highest BCUT2D eigenvalue weighted by molar-refractivity contribution is 9.10. The molecule has 2 rings (SSSR count). The maximum Gasteiger partial charge on any atom is 0.191 e. The molecule has 0 unspecified atom stereocenters. The van der Waals surface area contributed by atoms with E-state index >= 15 is 0 Å². The zero-order chi connectivity index (χ0) is 13.8. The Hall–Kier alpha value is -1.93. The van der Waals surface area contributed by atoms with Crippen molar-refractivity contribution in [3.63, 3.8) is 0 Å². The van der Waals surface area contributed by atoms with Crippen LogP contribution in [0.2, 0.25) is 0 Å². The quantitative estimate of drug-likeness (QED) is 0.849. The molecule has 0 heterocycles. The standard InChI is InChI=1S/C14H8BrF2NO/c15-11-3-1-9(2-4-11)8-19-14-12(16)5-10(7-18)6-13(14)17/h1-6H,8H2. The van der Waals surface area contributed by atoms with Crippen LogP contribution in [-0.4, -0.2) is 0 Å². The molecule has 0 bridgehead atoms. The van der Waals surface area contributed by atoms with Crippen LogP contribution < -0.4 is 4.74 Å². The van der Waals surface area contributed by atoms with Crippen molar-refractivity contribution in [2.75, 3.05) is 0 Å². The third-order valence-electron chi connectivity index (χ3n) is 2.42. The minimum absolute atomic E-state index is 0.0486. The summed E-state index contributed by atoms with van der Waals surface area (Å²) in [5, 5.41) is 8.58. The van der Waals surface area contributed by atoms with Gasteiger partial charge >= 0.3 is 0 Å². The van der Waals surface area contributed by atoms with Gasteiger partial charge < -0.3 is 4.74 Å². The van der Waals surface area contributed by atoms with Crippen LogP contribution >= 0.6 is 15.9 Å². The van der Waals surface area contributed by atoms with E-state index in [4.69, 9.17) is 10.00 Å². The SMILES string of the molecule is N#Cc1cc(F)c(OCc2ccc(Br)cc2)c(F)c1. The number of benzene rings is 2. The van der Waals surface area contributed by atoms with Gasteiger partial charge in [-0.15, -0.1) is 0 Å². The Labute approximate surface area is 117 Å². The van der Waals surface area contributed by atoms with Gasteiger partial charge in [-0.2, -0.15) is 5.26 Å². The summed E-state index contributed by atoms with van der Waals surface area (Å²) in [6, 6.07) is 10.7. The Bertz CT molecular complexity index is 612. The number of hydrogen-bond acceptors (Lipinski definition) is 2. The molecule has 5 heteroatoms. The van der Waals surface area contributed by atoms with Crippen molar-refractivity contribution in [2.45, 2.75) is 6.61 Å². The van der Waals surface area contributed by atoms with E-state index < -0.39 is 17.4 Å². The van der Waals surface area contributed by atoms with Crippen molar-refractivity contribution in [1.82, 2.24) is 0 Å². The summed E-state index contributed by atoms with van der Waals surface area (Å²) in [6.45, 7) is 0.0486. The van der Waals surface area contributed by atoms with E-state index in [0.717, 1.165) is 22.2 Å². The Morgan fingerprint density at radius 1 is 1.11 bits per heavy atom. The molecule has 0 aromatic heterocycles. The molecule has 2 nitrogen and oxygen atoms in total. The molecule has 0 fully saturated rings. The van der Waals surface area contributed by atoms with E-state index in [-0.39, 0.29) is 12.2 Å². The fourth-order valence-electron chi connectivity index (χ4n) is 1.50. The van der Waals surface area contributed by atoms with Crippen LogP contribution in [0.25, 0.3) is 0 Å². The number of nitrogens with zero attached hydrogens (tertiary/aromatic N) is 1. The maximum absolute atomic E-state index is 13.5. The van der Waals surface area contributed by atoms with E-state index in [9.17, 15) is 8.78 Å². The summed E-state index contributed by atoms with van der Waals surface area (Å²) in [4.78, 5) is 0. The molecule has 0 aliphatic heterocycles. The molecule has 0 N–H and O–H groups in total. The lowest BCUT2D eigenvalue weighted by Gasteiger charge is -2.08. The summed E-state index contributed by atoms with van der Waals surface area (Å²) in [6.07, 6.45) is 0. The molecule has 0 spiro atoms. The van der Waals surface area contributed by atoms with E-state index in [1.807, 2.05) is 12.1 Å². The lowest BCUT2D eigenvalue weighted by molar-refractivity contribution is 0.274. The van der Waals surface area contributed by atoms with Crippen molar-refractivity contribution in [3.8, 4) is 11.8 Å². The molecule has 2 aromatic carbocycles. The second kappa shape index (κ2) is 5.81. The largest absolute Gasteiger partial charge is 0.483 e. The van der Waals surface area contributed by atoms with Crippen LogP contribution in [0.1, 0.15) is 11.1 Å². The highest BCUT2D eigenvalue weighted by Gasteiger charge is 2.12. The highest BCUT2D eigenvalue weighted by atomic mass is 79.9. The molecule has 0 radical (unpaired) electrons. The van der Waals surface area contributed by atoms with Crippen molar-refractivity contribution >= 4 is 15.9 Å². The second-order valence-electron chi connectivity index (χ2n) is 3.80. The number of nitriles is 1. The summed E-state index contributed by atoms with van der Waals surface area (Å²) in [5.41, 5.74) is 0.706. The van der Waals surface area contributed by atoms with Crippen molar-refractivity contribution < 1.29 is 13.5 Å². The molecule has 0 saturated carbocycles. The zero-order valence-electron chi connectivity index (χ0n) is 9.66. The Balaban J connectivity index is 2.16. The minimum Gasteiger partial charge on any atom is -0.483 e. The van der Waals surface area contributed by atoms with Gasteiger partial charge in [-0.25, -0.2) is 8.78 Å². The van der Waals surface area contributed by atoms with Crippen LogP contribution in [-0.2, 0) is 6.61 Å². The summed E-state index contributed by atoms with van der Waals surface area (Å²) in [5.74, 6) is -2.23. The Morgan fingerprint density at radius 2 is 1.68 bits per heavy atom. The molecule has 0 atom stereocenters. The lowest BCUT2D eigenvalue weighted by Crippen LogP contribution is -2.00. The molecule has 96 valence electrons. The van der Waals surface area contributed by atoms with Gasteiger partial charge in [0.1, 0.15) is 6.61 Å². The van der Waals surface area contributed by atoms with Crippen LogP contribution in [0.3, 0.4) is 0 Å². The van der Waals surface area contributed by atoms with Crippen molar-refractivity contribution in [1.29, 1.82) is 5.26 Å². The van der Waals surface area contributed by atoms with Crippen molar-refractivity contribution in [2.24, 2.45) is 0 Å². The van der Waals surface area contributed by atoms with Crippen LogP contribution in [0.5, 0.6) is 5.75 Å². The summed E-state index contributed by atoms with van der Waals surface area (Å²) < 4.78 is 33.1. The van der Waals surface area contributed by atoms with Gasteiger partial charge in [-0.3, -0.25) is 0 Å². The molecule has 0 aliphatic rings. The topological polar surface area (TPSA) is 33.0 Å². The fraction of sp³-hybridized carbons (Fsp3) is 0.0714. The minimum atomic E-state index is -0.881. The van der Waals surface area contributed by atoms with Gasteiger partial charge in [0.25, 0.3) is 0 Å². The fourth-order valence-corrected chi connectivity index (χ4v) is 1.76. The van der Waals surface area contributed by atoms with Crippen molar-refractivity contribution in [3.05, 3.63) is 63.6 Å². The third-order valence-corrected chi connectivity index (χ3v) is 2.95.